The standard InChI is InChI=1S/C11H18N2O3/c1-5-13-8(3)11(7(2)12-13)9(14)6-10(15)16-4/h9,14H,5-6H2,1-4H3/t9-/m1/s1. The Balaban J connectivity index is 2.94. The van der Waals surface area contributed by atoms with Crippen LogP contribution in [0.15, 0.2) is 0 Å². The molecule has 0 amide bonds. The largest absolute Gasteiger partial charge is 0.469 e. The zero-order valence-electron chi connectivity index (χ0n) is 10.1. The maximum absolute atomic E-state index is 11.1. The van der Waals surface area contributed by atoms with Crippen LogP contribution in [-0.4, -0.2) is 28.0 Å². The molecule has 1 aromatic rings. The molecule has 0 unspecified atom stereocenters. The first kappa shape index (κ1) is 12.7. The van der Waals surface area contributed by atoms with Crippen LogP contribution < -0.4 is 0 Å². The number of carbonyl (C=O) groups excluding carboxylic acids is 1. The van der Waals surface area contributed by atoms with Crippen LogP contribution in [0.4, 0.5) is 0 Å². The molecule has 0 spiro atoms. The van der Waals surface area contributed by atoms with E-state index in [1.165, 1.54) is 7.11 Å². The molecule has 5 heteroatoms. The van der Waals surface area contributed by atoms with Crippen molar-refractivity contribution in [1.82, 2.24) is 9.78 Å². The summed E-state index contributed by atoms with van der Waals surface area (Å²) in [6, 6.07) is 0. The topological polar surface area (TPSA) is 64.3 Å². The minimum Gasteiger partial charge on any atom is -0.469 e. The lowest BCUT2D eigenvalue weighted by Gasteiger charge is -2.10. The third-order valence-electron chi connectivity index (χ3n) is 2.66. The summed E-state index contributed by atoms with van der Waals surface area (Å²) in [6.07, 6.45) is -0.874. The van der Waals surface area contributed by atoms with Crippen molar-refractivity contribution in [2.45, 2.75) is 39.8 Å². The summed E-state index contributed by atoms with van der Waals surface area (Å²) >= 11 is 0. The van der Waals surface area contributed by atoms with Crippen molar-refractivity contribution in [3.05, 3.63) is 17.0 Å². The van der Waals surface area contributed by atoms with Gasteiger partial charge in [0, 0.05) is 17.8 Å². The van der Waals surface area contributed by atoms with E-state index < -0.39 is 12.1 Å². The van der Waals surface area contributed by atoms with E-state index in [0.29, 0.717) is 0 Å². The second-order valence-corrected chi connectivity index (χ2v) is 3.70. The van der Waals surface area contributed by atoms with Crippen molar-refractivity contribution >= 4 is 5.97 Å². The molecular weight excluding hydrogens is 208 g/mol. The minimum atomic E-state index is -0.840. The average molecular weight is 226 g/mol. The van der Waals surface area contributed by atoms with Crippen LogP contribution >= 0.6 is 0 Å². The van der Waals surface area contributed by atoms with Gasteiger partial charge in [-0.15, -0.1) is 0 Å². The number of aromatic nitrogens is 2. The number of esters is 1. The van der Waals surface area contributed by atoms with Crippen LogP contribution in [0, 0.1) is 13.8 Å². The van der Waals surface area contributed by atoms with Crippen molar-refractivity contribution in [1.29, 1.82) is 0 Å². The smallest absolute Gasteiger partial charge is 0.308 e. The third kappa shape index (κ3) is 2.41. The predicted octanol–water partition coefficient (Wildman–Crippen LogP) is 1.12. The monoisotopic (exact) mass is 226 g/mol. The van der Waals surface area contributed by atoms with Crippen molar-refractivity contribution in [3.8, 4) is 0 Å². The van der Waals surface area contributed by atoms with Crippen LogP contribution in [-0.2, 0) is 16.1 Å². The molecule has 0 saturated carbocycles. The summed E-state index contributed by atoms with van der Waals surface area (Å²) in [5.74, 6) is -0.421. The molecule has 0 aliphatic carbocycles. The number of hydrogen-bond acceptors (Lipinski definition) is 4. The van der Waals surface area contributed by atoms with Crippen LogP contribution in [0.25, 0.3) is 0 Å². The van der Waals surface area contributed by atoms with E-state index in [0.717, 1.165) is 23.5 Å². The van der Waals surface area contributed by atoms with E-state index in [4.69, 9.17) is 0 Å². The van der Waals surface area contributed by atoms with Gasteiger partial charge in [-0.05, 0) is 20.8 Å². The van der Waals surface area contributed by atoms with Gasteiger partial charge in [-0.25, -0.2) is 0 Å². The molecule has 0 radical (unpaired) electrons. The number of hydrogen-bond donors (Lipinski definition) is 1. The Labute approximate surface area is 95.0 Å². The fraction of sp³-hybridized carbons (Fsp3) is 0.636. The summed E-state index contributed by atoms with van der Waals surface area (Å²) in [5, 5.41) is 14.2. The zero-order valence-corrected chi connectivity index (χ0v) is 10.1. The molecule has 1 aromatic heterocycles. The Morgan fingerprint density at radius 3 is 2.62 bits per heavy atom. The average Bonchev–Trinajstić information content (AvgIpc) is 2.53. The molecule has 0 aliphatic heterocycles. The second kappa shape index (κ2) is 5.12. The zero-order chi connectivity index (χ0) is 12.3. The Kier molecular flexibility index (Phi) is 4.06. The molecule has 0 bridgehead atoms. The Bertz CT molecular complexity index is 385. The highest BCUT2D eigenvalue weighted by Gasteiger charge is 2.21. The summed E-state index contributed by atoms with van der Waals surface area (Å²) in [4.78, 5) is 11.1. The number of methoxy groups -OCH3 is 1. The normalized spacial score (nSPS) is 12.6. The highest BCUT2D eigenvalue weighted by Crippen LogP contribution is 2.24. The molecule has 16 heavy (non-hydrogen) atoms. The highest BCUT2D eigenvalue weighted by atomic mass is 16.5. The fourth-order valence-electron chi connectivity index (χ4n) is 1.84. The first-order valence-corrected chi connectivity index (χ1v) is 5.30. The number of ether oxygens (including phenoxy) is 1. The molecule has 0 fully saturated rings. The van der Waals surface area contributed by atoms with Crippen LogP contribution in [0.1, 0.15) is 36.4 Å². The Morgan fingerprint density at radius 1 is 1.56 bits per heavy atom. The van der Waals surface area contributed by atoms with Crippen LogP contribution in [0.3, 0.4) is 0 Å². The first-order chi connectivity index (χ1) is 7.51. The lowest BCUT2D eigenvalue weighted by molar-refractivity contribution is -0.142. The van der Waals surface area contributed by atoms with E-state index in [9.17, 15) is 9.90 Å². The molecule has 0 aliphatic rings. The minimum absolute atomic E-state index is 0.0341. The summed E-state index contributed by atoms with van der Waals surface area (Å²) in [6.45, 7) is 6.45. The van der Waals surface area contributed by atoms with Gasteiger partial charge in [-0.1, -0.05) is 0 Å². The van der Waals surface area contributed by atoms with Gasteiger partial charge in [0.1, 0.15) is 0 Å². The van der Waals surface area contributed by atoms with E-state index >= 15 is 0 Å². The predicted molar refractivity (Wildman–Crippen MR) is 59.0 cm³/mol. The van der Waals surface area contributed by atoms with Gasteiger partial charge in [0.15, 0.2) is 0 Å². The van der Waals surface area contributed by atoms with Crippen molar-refractivity contribution in [3.63, 3.8) is 0 Å². The molecule has 90 valence electrons. The van der Waals surface area contributed by atoms with Gasteiger partial charge in [-0.2, -0.15) is 5.10 Å². The van der Waals surface area contributed by atoms with Gasteiger partial charge < -0.3 is 9.84 Å². The maximum atomic E-state index is 11.1. The van der Waals surface area contributed by atoms with E-state index in [1.807, 2.05) is 25.5 Å². The number of carbonyl (C=O) groups is 1. The lowest BCUT2D eigenvalue weighted by Crippen LogP contribution is -2.10. The molecular formula is C11H18N2O3. The summed E-state index contributed by atoms with van der Waals surface area (Å²) in [5.41, 5.74) is 2.39. The summed E-state index contributed by atoms with van der Waals surface area (Å²) < 4.78 is 6.34. The molecule has 1 heterocycles. The Morgan fingerprint density at radius 2 is 2.19 bits per heavy atom. The number of aliphatic hydroxyl groups excluding tert-OH is 1. The van der Waals surface area contributed by atoms with Crippen molar-refractivity contribution in [2.24, 2.45) is 0 Å². The molecule has 1 N–H and O–H groups in total. The third-order valence-corrected chi connectivity index (χ3v) is 2.66. The van der Waals surface area contributed by atoms with E-state index in [2.05, 4.69) is 9.84 Å². The SMILES string of the molecule is CCn1nc(C)c([C@H](O)CC(=O)OC)c1C. The van der Waals surface area contributed by atoms with Gasteiger partial charge in [0.25, 0.3) is 0 Å². The number of aliphatic hydroxyl groups is 1. The number of nitrogens with zero attached hydrogens (tertiary/aromatic N) is 2. The molecule has 5 nitrogen and oxygen atoms in total. The summed E-state index contributed by atoms with van der Waals surface area (Å²) in [7, 11) is 1.31. The van der Waals surface area contributed by atoms with Gasteiger partial charge in [-0.3, -0.25) is 9.48 Å². The second-order valence-electron chi connectivity index (χ2n) is 3.70. The fourth-order valence-corrected chi connectivity index (χ4v) is 1.84. The quantitative estimate of drug-likeness (QED) is 0.781. The van der Waals surface area contributed by atoms with Gasteiger partial charge in [0.05, 0.1) is 25.3 Å². The molecule has 1 atom stereocenters. The van der Waals surface area contributed by atoms with Crippen LogP contribution in [0.2, 0.25) is 0 Å². The molecule has 0 aromatic carbocycles. The number of aryl methyl sites for hydroxylation is 2. The maximum Gasteiger partial charge on any atom is 0.308 e. The Hall–Kier alpha value is -1.36. The van der Waals surface area contributed by atoms with E-state index in [1.54, 1.807) is 0 Å². The number of rotatable bonds is 4. The lowest BCUT2D eigenvalue weighted by atomic mass is 10.0. The highest BCUT2D eigenvalue weighted by molar-refractivity contribution is 5.70. The van der Waals surface area contributed by atoms with E-state index in [-0.39, 0.29) is 6.42 Å². The van der Waals surface area contributed by atoms with Crippen molar-refractivity contribution in [2.75, 3.05) is 7.11 Å². The first-order valence-electron chi connectivity index (χ1n) is 5.30. The molecule has 1 rings (SSSR count). The van der Waals surface area contributed by atoms with Gasteiger partial charge in [0.2, 0.25) is 0 Å². The van der Waals surface area contributed by atoms with Gasteiger partial charge >= 0.3 is 5.97 Å². The molecule has 0 saturated heterocycles. The van der Waals surface area contributed by atoms with Crippen LogP contribution in [0.5, 0.6) is 0 Å². The van der Waals surface area contributed by atoms with Crippen molar-refractivity contribution < 1.29 is 14.6 Å².